The first-order valence-corrected chi connectivity index (χ1v) is 13.3. The predicted molar refractivity (Wildman–Crippen MR) is 136 cm³/mol. The minimum atomic E-state index is -4.97. The molecule has 0 spiro atoms. The van der Waals surface area contributed by atoms with Crippen LogP contribution in [0.5, 0.6) is 5.75 Å². The van der Waals surface area contributed by atoms with Crippen LogP contribution in [0.4, 0.5) is 32.0 Å². The third-order valence-corrected chi connectivity index (χ3v) is 7.29. The van der Waals surface area contributed by atoms with Gasteiger partial charge >= 0.3 is 12.5 Å². The number of aliphatic hydroxyl groups is 1. The maximum Gasteiger partial charge on any atom is 0.573 e. The molecule has 2 aromatic heterocycles. The standard InChI is InChI=1S/C25H21F6N5O5S/c1-23(2,13-37)35-42(39,40)17-5-3-4-15(10-17)33-22(38)18-12-32-36-20(24(26,27)28)11-19(34-21(18)36)14-6-8-16(9-7-14)41-25(29,30)31/h3-12,35,37H,13H2,1-2H3,(H,33,38). The number of carbonyl (C=O) groups excluding carboxylic acids is 1. The van der Waals surface area contributed by atoms with E-state index in [1.807, 2.05) is 0 Å². The molecule has 0 unspecified atom stereocenters. The van der Waals surface area contributed by atoms with Gasteiger partial charge in [0.2, 0.25) is 10.0 Å². The fourth-order valence-electron chi connectivity index (χ4n) is 3.69. The Labute approximate surface area is 234 Å². The molecular weight excluding hydrogens is 596 g/mol. The SMILES string of the molecule is CC(C)(CO)NS(=O)(=O)c1cccc(NC(=O)c2cnn3c(C(F)(F)F)cc(-c4ccc(OC(F)(F)F)cc4)nc23)c1. The normalized spacial score (nSPS) is 12.9. The van der Waals surface area contributed by atoms with E-state index >= 15 is 0 Å². The number of rotatable bonds is 8. The maximum absolute atomic E-state index is 13.9. The smallest absolute Gasteiger partial charge is 0.406 e. The van der Waals surface area contributed by atoms with Crippen LogP contribution in [0.3, 0.4) is 0 Å². The maximum atomic E-state index is 13.9. The number of nitrogens with one attached hydrogen (secondary N) is 2. The van der Waals surface area contributed by atoms with Gasteiger partial charge in [0, 0.05) is 11.3 Å². The molecule has 10 nitrogen and oxygen atoms in total. The van der Waals surface area contributed by atoms with E-state index in [0.717, 1.165) is 36.5 Å². The molecule has 17 heteroatoms. The molecule has 0 fully saturated rings. The van der Waals surface area contributed by atoms with Crippen LogP contribution < -0.4 is 14.8 Å². The number of sulfonamides is 1. The van der Waals surface area contributed by atoms with Gasteiger partial charge in [0.1, 0.15) is 11.3 Å². The molecule has 3 N–H and O–H groups in total. The Bertz CT molecular complexity index is 1740. The number of ether oxygens (including phenoxy) is 1. The van der Waals surface area contributed by atoms with Gasteiger partial charge in [-0.1, -0.05) is 6.07 Å². The first kappa shape index (κ1) is 30.7. The van der Waals surface area contributed by atoms with Crippen molar-refractivity contribution in [1.29, 1.82) is 0 Å². The average molecular weight is 618 g/mol. The molecule has 0 aliphatic carbocycles. The summed E-state index contributed by atoms with van der Waals surface area (Å²) in [6, 6.07) is 9.52. The number of alkyl halides is 6. The lowest BCUT2D eigenvalue weighted by molar-refractivity contribution is -0.274. The second-order valence-corrected chi connectivity index (χ2v) is 11.2. The molecule has 42 heavy (non-hydrogen) atoms. The first-order valence-electron chi connectivity index (χ1n) is 11.8. The van der Waals surface area contributed by atoms with Gasteiger partial charge in [0.15, 0.2) is 11.3 Å². The van der Waals surface area contributed by atoms with E-state index in [0.29, 0.717) is 10.6 Å². The minimum Gasteiger partial charge on any atom is -0.406 e. The molecule has 0 saturated heterocycles. The van der Waals surface area contributed by atoms with Gasteiger partial charge in [-0.05, 0) is 62.4 Å². The van der Waals surface area contributed by atoms with E-state index in [9.17, 15) is 44.7 Å². The van der Waals surface area contributed by atoms with Crippen LogP contribution in [0.25, 0.3) is 16.9 Å². The molecule has 4 rings (SSSR count). The highest BCUT2D eigenvalue weighted by atomic mass is 32.2. The molecule has 0 aliphatic heterocycles. The molecule has 0 saturated carbocycles. The van der Waals surface area contributed by atoms with Gasteiger partial charge in [0.25, 0.3) is 5.91 Å². The van der Waals surface area contributed by atoms with Crippen molar-refractivity contribution in [2.45, 2.75) is 36.8 Å². The molecule has 4 aromatic rings. The summed E-state index contributed by atoms with van der Waals surface area (Å²) in [6.07, 6.45) is -9.10. The van der Waals surface area contributed by atoms with Crippen molar-refractivity contribution in [3.8, 4) is 17.0 Å². The zero-order valence-corrected chi connectivity index (χ0v) is 22.4. The number of aromatic nitrogens is 3. The molecule has 2 heterocycles. The summed E-state index contributed by atoms with van der Waals surface area (Å²) in [5.74, 6) is -1.58. The van der Waals surface area contributed by atoms with Crippen LogP contribution in [0, 0.1) is 0 Å². The highest BCUT2D eigenvalue weighted by molar-refractivity contribution is 7.89. The highest BCUT2D eigenvalue weighted by Crippen LogP contribution is 2.34. The van der Waals surface area contributed by atoms with Crippen LogP contribution in [-0.4, -0.2) is 52.5 Å². The number of amides is 1. The summed E-state index contributed by atoms with van der Waals surface area (Å²) in [6.45, 7) is 2.39. The summed E-state index contributed by atoms with van der Waals surface area (Å²) in [5, 5.41) is 15.4. The van der Waals surface area contributed by atoms with Crippen LogP contribution in [0.2, 0.25) is 0 Å². The quantitative estimate of drug-likeness (QED) is 0.246. The number of hydrogen-bond donors (Lipinski definition) is 3. The lowest BCUT2D eigenvalue weighted by atomic mass is 10.1. The Kier molecular flexibility index (Phi) is 7.96. The Balaban J connectivity index is 1.70. The summed E-state index contributed by atoms with van der Waals surface area (Å²) in [5.41, 5.74) is -3.81. The second kappa shape index (κ2) is 10.9. The Hall–Kier alpha value is -4.22. The molecule has 2 aromatic carbocycles. The lowest BCUT2D eigenvalue weighted by Crippen LogP contribution is -2.46. The van der Waals surface area contributed by atoms with E-state index in [1.165, 1.54) is 32.0 Å². The van der Waals surface area contributed by atoms with Crippen LogP contribution in [-0.2, 0) is 16.2 Å². The summed E-state index contributed by atoms with van der Waals surface area (Å²) in [4.78, 5) is 16.9. The van der Waals surface area contributed by atoms with Gasteiger partial charge in [-0.15, -0.1) is 13.2 Å². The second-order valence-electron chi connectivity index (χ2n) is 9.52. The van der Waals surface area contributed by atoms with Crippen molar-refractivity contribution in [3.05, 3.63) is 72.1 Å². The Morgan fingerprint density at radius 1 is 1.02 bits per heavy atom. The van der Waals surface area contributed by atoms with Gasteiger partial charge in [-0.3, -0.25) is 4.79 Å². The topological polar surface area (TPSA) is 135 Å². The zero-order valence-electron chi connectivity index (χ0n) is 21.6. The molecule has 0 bridgehead atoms. The molecular formula is C25H21F6N5O5S. The van der Waals surface area contributed by atoms with E-state index in [2.05, 4.69) is 24.9 Å². The monoisotopic (exact) mass is 617 g/mol. The van der Waals surface area contributed by atoms with Crippen molar-refractivity contribution < 1.29 is 49.4 Å². The Morgan fingerprint density at radius 2 is 1.69 bits per heavy atom. The largest absolute Gasteiger partial charge is 0.573 e. The number of aliphatic hydroxyl groups excluding tert-OH is 1. The van der Waals surface area contributed by atoms with Gasteiger partial charge in [-0.25, -0.2) is 22.6 Å². The molecule has 1 amide bonds. The van der Waals surface area contributed by atoms with Crippen molar-refractivity contribution in [2.75, 3.05) is 11.9 Å². The zero-order chi connectivity index (χ0) is 31.1. The van der Waals surface area contributed by atoms with Gasteiger partial charge < -0.3 is 15.2 Å². The highest BCUT2D eigenvalue weighted by Gasteiger charge is 2.36. The van der Waals surface area contributed by atoms with Crippen LogP contribution in [0.15, 0.2) is 65.7 Å². The number of halogens is 6. The summed E-state index contributed by atoms with van der Waals surface area (Å²) >= 11 is 0. The number of carbonyl (C=O) groups is 1. The number of fused-ring (bicyclic) bond motifs is 1. The fourth-order valence-corrected chi connectivity index (χ4v) is 5.14. The Morgan fingerprint density at radius 3 is 2.29 bits per heavy atom. The molecule has 0 atom stereocenters. The molecule has 224 valence electrons. The summed E-state index contributed by atoms with van der Waals surface area (Å²) < 4.78 is 111. The van der Waals surface area contributed by atoms with Gasteiger partial charge in [-0.2, -0.15) is 18.3 Å². The van der Waals surface area contributed by atoms with E-state index < -0.39 is 63.3 Å². The predicted octanol–water partition coefficient (Wildman–Crippen LogP) is 4.62. The first-order chi connectivity index (χ1) is 19.4. The summed E-state index contributed by atoms with van der Waals surface area (Å²) in [7, 11) is -4.13. The van der Waals surface area contributed by atoms with Crippen LogP contribution >= 0.6 is 0 Å². The number of hydrogen-bond acceptors (Lipinski definition) is 7. The van der Waals surface area contributed by atoms with E-state index in [-0.39, 0.29) is 21.8 Å². The average Bonchev–Trinajstić information content (AvgIpc) is 3.31. The third-order valence-electron chi connectivity index (χ3n) is 5.60. The van der Waals surface area contributed by atoms with Crippen LogP contribution in [0.1, 0.15) is 29.9 Å². The van der Waals surface area contributed by atoms with E-state index in [4.69, 9.17) is 0 Å². The number of anilines is 1. The van der Waals surface area contributed by atoms with Gasteiger partial charge in [0.05, 0.1) is 28.9 Å². The van der Waals surface area contributed by atoms with Crippen molar-refractivity contribution in [2.24, 2.45) is 0 Å². The molecule has 0 aliphatic rings. The minimum absolute atomic E-state index is 0.0127. The van der Waals surface area contributed by atoms with Crippen molar-refractivity contribution >= 4 is 27.3 Å². The van der Waals surface area contributed by atoms with Crippen molar-refractivity contribution in [1.82, 2.24) is 19.3 Å². The molecule has 0 radical (unpaired) electrons. The van der Waals surface area contributed by atoms with E-state index in [1.54, 1.807) is 0 Å². The lowest BCUT2D eigenvalue weighted by Gasteiger charge is -2.23. The fraction of sp³-hybridized carbons (Fsp3) is 0.240. The third kappa shape index (κ3) is 6.97. The van der Waals surface area contributed by atoms with Crippen molar-refractivity contribution in [3.63, 3.8) is 0 Å². The number of benzene rings is 2. The number of nitrogens with zero attached hydrogens (tertiary/aromatic N) is 3.